The second kappa shape index (κ2) is 7.58. The van der Waals surface area contributed by atoms with Gasteiger partial charge in [-0.3, -0.25) is 0 Å². The summed E-state index contributed by atoms with van der Waals surface area (Å²) in [6.07, 6.45) is 0. The molecule has 1 aromatic carbocycles. The molecule has 0 aliphatic carbocycles. The summed E-state index contributed by atoms with van der Waals surface area (Å²) in [5.74, 6) is 7.74. The molecule has 21 heavy (non-hydrogen) atoms. The molecule has 2 rings (SSSR count). The van der Waals surface area contributed by atoms with Gasteiger partial charge in [-0.25, -0.2) is 0 Å². The van der Waals surface area contributed by atoms with Crippen molar-refractivity contribution in [1.82, 2.24) is 0 Å². The first-order chi connectivity index (χ1) is 10.3. The fraction of sp³-hybridized carbons (Fsp3) is 0.250. The van der Waals surface area contributed by atoms with Crippen LogP contribution in [0, 0.1) is 11.8 Å². The molecule has 110 valence electrons. The monoisotopic (exact) mass is 303 g/mol. The van der Waals surface area contributed by atoms with Crippen molar-refractivity contribution in [2.24, 2.45) is 5.73 Å². The van der Waals surface area contributed by atoms with Gasteiger partial charge in [-0.05, 0) is 24.3 Å². The Kier molecular flexibility index (Phi) is 5.50. The van der Waals surface area contributed by atoms with Gasteiger partial charge in [-0.2, -0.15) is 0 Å². The van der Waals surface area contributed by atoms with Gasteiger partial charge in [0, 0.05) is 4.88 Å². The molecule has 0 atom stereocenters. The summed E-state index contributed by atoms with van der Waals surface area (Å²) in [5, 5.41) is 0. The maximum atomic E-state index is 5.84. The normalized spacial score (nSPS) is 9.67. The minimum Gasteiger partial charge on any atom is -0.493 e. The van der Waals surface area contributed by atoms with Gasteiger partial charge in [0.05, 0.1) is 25.6 Å². The first-order valence-corrected chi connectivity index (χ1v) is 7.21. The highest BCUT2D eigenvalue weighted by atomic mass is 32.1. The van der Waals surface area contributed by atoms with E-state index in [0.29, 0.717) is 30.4 Å². The fourth-order valence-electron chi connectivity index (χ4n) is 1.76. The molecule has 2 N–H and O–H groups in total. The van der Waals surface area contributed by atoms with Crippen molar-refractivity contribution in [3.63, 3.8) is 0 Å². The number of methoxy groups -OCH3 is 2. The Morgan fingerprint density at radius 2 is 1.81 bits per heavy atom. The molecule has 1 heterocycles. The third-order valence-electron chi connectivity index (χ3n) is 2.72. The number of para-hydroxylation sites is 1. The average Bonchev–Trinajstić information content (AvgIpc) is 2.98. The van der Waals surface area contributed by atoms with Gasteiger partial charge in [0.2, 0.25) is 5.75 Å². The van der Waals surface area contributed by atoms with E-state index in [4.69, 9.17) is 19.9 Å². The van der Waals surface area contributed by atoms with Crippen LogP contribution in [-0.4, -0.2) is 20.8 Å². The van der Waals surface area contributed by atoms with Crippen LogP contribution in [0.5, 0.6) is 17.2 Å². The van der Waals surface area contributed by atoms with E-state index in [1.54, 1.807) is 25.6 Å². The largest absolute Gasteiger partial charge is 0.493 e. The van der Waals surface area contributed by atoms with E-state index < -0.39 is 0 Å². The van der Waals surface area contributed by atoms with Crippen molar-refractivity contribution >= 4 is 11.3 Å². The second-order valence-electron chi connectivity index (χ2n) is 4.05. The molecule has 0 amide bonds. The average molecular weight is 303 g/mol. The molecule has 0 fully saturated rings. The summed E-state index contributed by atoms with van der Waals surface area (Å²) < 4.78 is 16.4. The predicted molar refractivity (Wildman–Crippen MR) is 84.1 cm³/mol. The van der Waals surface area contributed by atoms with E-state index in [1.165, 1.54) is 0 Å². The van der Waals surface area contributed by atoms with Crippen molar-refractivity contribution in [1.29, 1.82) is 0 Å². The summed E-state index contributed by atoms with van der Waals surface area (Å²) in [6.45, 7) is 0.799. The molecule has 1 aromatic heterocycles. The van der Waals surface area contributed by atoms with Crippen molar-refractivity contribution in [2.75, 3.05) is 20.8 Å². The molecule has 5 heteroatoms. The Hall–Kier alpha value is -2.16. The highest BCUT2D eigenvalue weighted by Crippen LogP contribution is 2.37. The quantitative estimate of drug-likeness (QED) is 0.863. The lowest BCUT2D eigenvalue weighted by atomic mass is 10.3. The van der Waals surface area contributed by atoms with Crippen LogP contribution in [0.2, 0.25) is 0 Å². The zero-order valence-electron chi connectivity index (χ0n) is 12.0. The molecule has 2 aromatic rings. The summed E-state index contributed by atoms with van der Waals surface area (Å²) in [4.78, 5) is 2.05. The van der Waals surface area contributed by atoms with Crippen LogP contribution < -0.4 is 19.9 Å². The molecule has 0 aliphatic rings. The van der Waals surface area contributed by atoms with E-state index in [1.807, 2.05) is 30.3 Å². The van der Waals surface area contributed by atoms with E-state index in [2.05, 4.69) is 11.8 Å². The molecule has 0 radical (unpaired) electrons. The van der Waals surface area contributed by atoms with Crippen LogP contribution in [0.4, 0.5) is 0 Å². The lowest BCUT2D eigenvalue weighted by molar-refractivity contribution is 0.268. The molecule has 0 unspecified atom stereocenters. The molecule has 4 nitrogen and oxygen atoms in total. The molecule has 0 spiro atoms. The highest BCUT2D eigenvalue weighted by molar-refractivity contribution is 7.12. The number of hydrogen-bond donors (Lipinski definition) is 1. The maximum absolute atomic E-state index is 5.84. The maximum Gasteiger partial charge on any atom is 0.203 e. The second-order valence-corrected chi connectivity index (χ2v) is 5.22. The SMILES string of the molecule is COc1cccc(OC)c1OCc1ccc(C#CCN)s1. The van der Waals surface area contributed by atoms with E-state index in [-0.39, 0.29) is 0 Å². The Labute approximate surface area is 128 Å². The van der Waals surface area contributed by atoms with Crippen LogP contribution in [-0.2, 0) is 6.61 Å². The summed E-state index contributed by atoms with van der Waals surface area (Å²) in [5.41, 5.74) is 5.36. The van der Waals surface area contributed by atoms with E-state index in [0.717, 1.165) is 9.75 Å². The van der Waals surface area contributed by atoms with Crippen LogP contribution in [0.1, 0.15) is 9.75 Å². The van der Waals surface area contributed by atoms with Crippen LogP contribution >= 0.6 is 11.3 Å². The fourth-order valence-corrected chi connectivity index (χ4v) is 2.56. The van der Waals surface area contributed by atoms with Gasteiger partial charge < -0.3 is 19.9 Å². The van der Waals surface area contributed by atoms with Gasteiger partial charge in [-0.15, -0.1) is 11.3 Å². The Balaban J connectivity index is 2.11. The zero-order chi connectivity index (χ0) is 15.1. The zero-order valence-corrected chi connectivity index (χ0v) is 12.8. The number of thiophene rings is 1. The lowest BCUT2D eigenvalue weighted by Gasteiger charge is -2.13. The molecule has 0 aliphatic heterocycles. The van der Waals surface area contributed by atoms with E-state index in [9.17, 15) is 0 Å². The lowest BCUT2D eigenvalue weighted by Crippen LogP contribution is -1.98. The standard InChI is InChI=1S/C16H17NO3S/c1-18-14-6-3-7-15(19-2)16(14)20-11-13-9-8-12(21-13)5-4-10-17/h3,6-9H,10-11,17H2,1-2H3. The Morgan fingerprint density at radius 3 is 2.43 bits per heavy atom. The van der Waals surface area contributed by atoms with Gasteiger partial charge in [0.25, 0.3) is 0 Å². The summed E-state index contributed by atoms with van der Waals surface area (Å²) in [7, 11) is 3.21. The van der Waals surface area contributed by atoms with Crippen molar-refractivity contribution in [3.05, 3.63) is 40.1 Å². The van der Waals surface area contributed by atoms with Gasteiger partial charge >= 0.3 is 0 Å². The Bertz CT molecular complexity index is 633. The highest BCUT2D eigenvalue weighted by Gasteiger charge is 2.11. The number of ether oxygens (including phenoxy) is 3. The predicted octanol–water partition coefficient (Wildman–Crippen LogP) is 2.65. The van der Waals surface area contributed by atoms with Crippen LogP contribution in [0.3, 0.4) is 0 Å². The topological polar surface area (TPSA) is 53.7 Å². The van der Waals surface area contributed by atoms with Crippen molar-refractivity contribution in [2.45, 2.75) is 6.61 Å². The molecule has 0 bridgehead atoms. The van der Waals surface area contributed by atoms with Crippen LogP contribution in [0.15, 0.2) is 30.3 Å². The summed E-state index contributed by atoms with van der Waals surface area (Å²) in [6, 6.07) is 9.49. The number of hydrogen-bond acceptors (Lipinski definition) is 5. The van der Waals surface area contributed by atoms with Crippen LogP contribution in [0.25, 0.3) is 0 Å². The minimum absolute atomic E-state index is 0.363. The Morgan fingerprint density at radius 1 is 1.10 bits per heavy atom. The molecule has 0 saturated carbocycles. The summed E-state index contributed by atoms with van der Waals surface area (Å²) >= 11 is 1.58. The van der Waals surface area contributed by atoms with Crippen molar-refractivity contribution < 1.29 is 14.2 Å². The molecular weight excluding hydrogens is 286 g/mol. The van der Waals surface area contributed by atoms with Gasteiger partial charge in [0.15, 0.2) is 11.5 Å². The number of rotatable bonds is 5. The number of nitrogens with two attached hydrogens (primary N) is 1. The third-order valence-corrected chi connectivity index (χ3v) is 3.69. The minimum atomic E-state index is 0.363. The van der Waals surface area contributed by atoms with Crippen molar-refractivity contribution in [3.8, 4) is 29.1 Å². The number of benzene rings is 1. The van der Waals surface area contributed by atoms with Gasteiger partial charge in [-0.1, -0.05) is 17.9 Å². The first kappa shape index (κ1) is 15.2. The molecular formula is C16H17NO3S. The van der Waals surface area contributed by atoms with E-state index >= 15 is 0 Å². The molecule has 0 saturated heterocycles. The first-order valence-electron chi connectivity index (χ1n) is 6.40. The van der Waals surface area contributed by atoms with Gasteiger partial charge in [0.1, 0.15) is 6.61 Å². The smallest absolute Gasteiger partial charge is 0.203 e. The third kappa shape index (κ3) is 3.91.